The van der Waals surface area contributed by atoms with Gasteiger partial charge in [0.25, 0.3) is 7.48 Å². The molecule has 0 aliphatic heterocycles. The Labute approximate surface area is 151 Å². The molecule has 0 aliphatic carbocycles. The van der Waals surface area contributed by atoms with E-state index in [9.17, 15) is 9.90 Å². The van der Waals surface area contributed by atoms with Crippen LogP contribution in [0.5, 0.6) is 5.75 Å². The van der Waals surface area contributed by atoms with Crippen molar-refractivity contribution in [1.29, 1.82) is 0 Å². The predicted octanol–water partition coefficient (Wildman–Crippen LogP) is 2.19. The molecule has 1 radical (unpaired) electrons. The summed E-state index contributed by atoms with van der Waals surface area (Å²) >= 11 is 1.75. The largest absolute Gasteiger partial charge is 0.493 e. The summed E-state index contributed by atoms with van der Waals surface area (Å²) in [4.78, 5) is 11.2. The first-order valence-corrected chi connectivity index (χ1v) is 8.68. The Bertz CT molecular complexity index is 478. The zero-order valence-electron chi connectivity index (χ0n) is 13.7. The summed E-state index contributed by atoms with van der Waals surface area (Å²) in [6.45, 7) is 5.69. The maximum absolute atomic E-state index is 11.2. The third-order valence-corrected chi connectivity index (χ3v) is 4.26. The minimum absolute atomic E-state index is 0.00853. The third-order valence-electron chi connectivity index (χ3n) is 3.64. The fraction of sp³-hybridized carbons (Fsp3) is 0.562. The van der Waals surface area contributed by atoms with Gasteiger partial charge in [0, 0.05) is 35.1 Å². The number of hydrogen-bond donors (Lipinski definition) is 1. The first kappa shape index (κ1) is 20.4. The van der Waals surface area contributed by atoms with Crippen LogP contribution in [-0.2, 0) is 4.65 Å². The number of carbonyl (C=O) groups is 1. The smallest absolute Gasteiger partial charge is 0.293 e. The molecule has 127 valence electrons. The first-order chi connectivity index (χ1) is 10.8. The van der Waals surface area contributed by atoms with E-state index in [1.807, 2.05) is 6.92 Å². The molecular formula is C16H24BIO5+. The summed E-state index contributed by atoms with van der Waals surface area (Å²) in [7, 11) is 1.65. The highest BCUT2D eigenvalue weighted by Gasteiger charge is 2.21. The highest BCUT2D eigenvalue weighted by molar-refractivity contribution is 14.1. The molecule has 0 spiro atoms. The van der Waals surface area contributed by atoms with E-state index < -0.39 is 6.10 Å². The molecule has 1 aromatic carbocycles. The molecule has 0 aromatic heterocycles. The van der Waals surface area contributed by atoms with Crippen molar-refractivity contribution < 1.29 is 24.4 Å². The first-order valence-electron chi connectivity index (χ1n) is 7.60. The van der Waals surface area contributed by atoms with E-state index in [-0.39, 0.29) is 21.9 Å². The summed E-state index contributed by atoms with van der Waals surface area (Å²) in [5, 5.41) is 17.3. The maximum Gasteiger partial charge on any atom is 0.293 e. The van der Waals surface area contributed by atoms with Gasteiger partial charge in [-0.05, 0) is 44.4 Å². The minimum atomic E-state index is -0.534. The second kappa shape index (κ2) is 10.3. The van der Waals surface area contributed by atoms with Crippen LogP contribution in [0.15, 0.2) is 24.3 Å². The lowest BCUT2D eigenvalue weighted by atomic mass is 9.82. The van der Waals surface area contributed by atoms with Crippen LogP contribution < -0.4 is 4.74 Å². The molecule has 0 bridgehead atoms. The second-order valence-corrected chi connectivity index (χ2v) is 6.62. The average Bonchev–Trinajstić information content (AvgIpc) is 2.50. The lowest BCUT2D eigenvalue weighted by molar-refractivity contribution is 0.0586. The van der Waals surface area contributed by atoms with Crippen molar-refractivity contribution in [3.63, 3.8) is 0 Å². The van der Waals surface area contributed by atoms with Gasteiger partial charge < -0.3 is 19.6 Å². The van der Waals surface area contributed by atoms with Gasteiger partial charge in [-0.3, -0.25) is 4.79 Å². The number of rotatable bonds is 10. The fourth-order valence-electron chi connectivity index (χ4n) is 1.75. The van der Waals surface area contributed by atoms with Gasteiger partial charge in [0.05, 0.1) is 24.7 Å². The Morgan fingerprint density at radius 3 is 2.39 bits per heavy atom. The summed E-state index contributed by atoms with van der Waals surface area (Å²) in [6, 6.07) is 6.96. The number of benzene rings is 1. The molecule has 4 atom stereocenters. The van der Waals surface area contributed by atoms with Gasteiger partial charge in [0.15, 0.2) is 6.10 Å². The molecule has 0 amide bonds. The Morgan fingerprint density at radius 2 is 1.91 bits per heavy atom. The van der Waals surface area contributed by atoms with Crippen molar-refractivity contribution in [3.05, 3.63) is 29.8 Å². The van der Waals surface area contributed by atoms with Crippen LogP contribution in [0.25, 0.3) is 0 Å². The predicted molar refractivity (Wildman–Crippen MR) is 99.6 cm³/mol. The molecule has 23 heavy (non-hydrogen) atoms. The minimum Gasteiger partial charge on any atom is -0.493 e. The van der Waals surface area contributed by atoms with Crippen LogP contribution in [0, 0.1) is 5.92 Å². The molecular weight excluding hydrogens is 410 g/mol. The van der Waals surface area contributed by atoms with Crippen LogP contribution in [-0.4, -0.2) is 46.4 Å². The van der Waals surface area contributed by atoms with E-state index in [0.717, 1.165) is 0 Å². The van der Waals surface area contributed by atoms with Gasteiger partial charge in [-0.25, -0.2) is 0 Å². The van der Waals surface area contributed by atoms with Crippen LogP contribution in [0.4, 0.5) is 0 Å². The number of hydrogen-bond acceptors (Lipinski definition) is 4. The summed E-state index contributed by atoms with van der Waals surface area (Å²) in [5.74, 6) is 0.664. The highest BCUT2D eigenvalue weighted by Crippen LogP contribution is 2.17. The number of aliphatic hydroxyl groups excluding tert-OH is 1. The molecule has 0 saturated heterocycles. The van der Waals surface area contributed by atoms with E-state index in [1.165, 1.54) is 0 Å². The monoisotopic (exact) mass is 434 g/mol. The van der Waals surface area contributed by atoms with Crippen molar-refractivity contribution in [3.8, 4) is 5.75 Å². The van der Waals surface area contributed by atoms with Crippen LogP contribution in [0.2, 0.25) is 6.32 Å². The SMILES string of the molecule is CC([OH2+])C(C[B]O[C@H](C)C(C)O)COc1ccc(C(=O)I)cc1. The number of ether oxygens (including phenoxy) is 1. The molecule has 1 aromatic rings. The van der Waals surface area contributed by atoms with Crippen LogP contribution in [0.3, 0.4) is 0 Å². The Balaban J connectivity index is 2.45. The highest BCUT2D eigenvalue weighted by atomic mass is 127. The summed E-state index contributed by atoms with van der Waals surface area (Å²) in [6.07, 6.45) is -0.525. The molecule has 3 N–H and O–H groups in total. The molecule has 0 heterocycles. The van der Waals surface area contributed by atoms with Crippen LogP contribution >= 0.6 is 22.6 Å². The van der Waals surface area contributed by atoms with Gasteiger partial charge in [-0.1, -0.05) is 0 Å². The summed E-state index contributed by atoms with van der Waals surface area (Å²) in [5.41, 5.74) is 0.636. The van der Waals surface area contributed by atoms with Gasteiger partial charge in [0.2, 0.25) is 3.79 Å². The fourth-order valence-corrected chi connectivity index (χ4v) is 2.11. The molecule has 0 aliphatic rings. The Hall–Kier alpha value is -0.635. The molecule has 5 nitrogen and oxygen atoms in total. The van der Waals surface area contributed by atoms with E-state index in [1.54, 1.807) is 68.2 Å². The molecule has 1 rings (SSSR count). The van der Waals surface area contributed by atoms with Crippen molar-refractivity contribution in [2.24, 2.45) is 5.92 Å². The van der Waals surface area contributed by atoms with E-state index in [0.29, 0.717) is 24.2 Å². The molecule has 0 saturated carbocycles. The summed E-state index contributed by atoms with van der Waals surface area (Å²) < 4.78 is 11.1. The molecule has 3 unspecified atom stereocenters. The second-order valence-electron chi connectivity index (χ2n) is 5.64. The van der Waals surface area contributed by atoms with Gasteiger partial charge in [0.1, 0.15) is 5.75 Å². The standard InChI is InChI=1S/C16H23BIO5/c1-10(19)12(3)23-17-8-14(11(2)20)9-22-15-6-4-13(5-7-15)16(18)21/h4-7,10-12,14,19-20H,8-9H2,1-3H3/p+1/t10?,11?,12-,14?/m1/s1. The normalized spacial score (nSPS) is 16.3. The van der Waals surface area contributed by atoms with Gasteiger partial charge in [-0.2, -0.15) is 0 Å². The third kappa shape index (κ3) is 7.65. The topological polar surface area (TPSA) is 78.7 Å². The van der Waals surface area contributed by atoms with Crippen molar-refractivity contribution >= 4 is 33.9 Å². The van der Waals surface area contributed by atoms with Crippen molar-refractivity contribution in [2.45, 2.75) is 45.4 Å². The van der Waals surface area contributed by atoms with E-state index in [4.69, 9.17) is 14.5 Å². The Kier molecular flexibility index (Phi) is 9.12. The zero-order chi connectivity index (χ0) is 17.4. The Morgan fingerprint density at radius 1 is 1.30 bits per heavy atom. The number of carbonyl (C=O) groups excluding carboxylic acids is 1. The maximum atomic E-state index is 11.2. The quantitative estimate of drug-likeness (QED) is 0.265. The van der Waals surface area contributed by atoms with Gasteiger partial charge >= 0.3 is 0 Å². The lowest BCUT2D eigenvalue weighted by Crippen LogP contribution is -2.29. The van der Waals surface area contributed by atoms with Crippen molar-refractivity contribution in [1.82, 2.24) is 0 Å². The van der Waals surface area contributed by atoms with Crippen LogP contribution in [0.1, 0.15) is 31.1 Å². The van der Waals surface area contributed by atoms with Crippen molar-refractivity contribution in [2.75, 3.05) is 6.61 Å². The number of halogens is 1. The average molecular weight is 434 g/mol. The molecule has 0 fully saturated rings. The molecule has 7 heteroatoms. The number of aliphatic hydroxyl groups is 1. The zero-order valence-corrected chi connectivity index (χ0v) is 15.8. The van der Waals surface area contributed by atoms with Gasteiger partial charge in [-0.15, -0.1) is 0 Å². The van der Waals surface area contributed by atoms with E-state index >= 15 is 0 Å². The lowest BCUT2D eigenvalue weighted by Gasteiger charge is -2.20. The van der Waals surface area contributed by atoms with E-state index in [2.05, 4.69) is 0 Å².